The van der Waals surface area contributed by atoms with Gasteiger partial charge in [-0.2, -0.15) is 13.9 Å². The first-order valence-corrected chi connectivity index (χ1v) is 10.9. The third-order valence-corrected chi connectivity index (χ3v) is 6.02. The summed E-state index contributed by atoms with van der Waals surface area (Å²) < 4.78 is 57.5. The van der Waals surface area contributed by atoms with Gasteiger partial charge in [0.05, 0.1) is 32.9 Å². The monoisotopic (exact) mass is 531 g/mol. The zero-order chi connectivity index (χ0) is 26.1. The van der Waals surface area contributed by atoms with Gasteiger partial charge in [0.1, 0.15) is 11.5 Å². The van der Waals surface area contributed by atoms with Gasteiger partial charge in [-0.25, -0.2) is 13.6 Å². The Morgan fingerprint density at radius 3 is 2.43 bits per heavy atom. The van der Waals surface area contributed by atoms with E-state index in [0.29, 0.717) is 5.56 Å². The molecule has 1 atom stereocenters. The van der Waals surface area contributed by atoms with E-state index in [9.17, 15) is 27.2 Å². The average Bonchev–Trinajstić information content (AvgIpc) is 3.12. The maximum absolute atomic E-state index is 14.5. The van der Waals surface area contributed by atoms with Crippen LogP contribution in [0.4, 0.5) is 17.6 Å². The fraction of sp³-hybridized carbons (Fsp3) is 0.261. The number of rotatable bonds is 8. The van der Waals surface area contributed by atoms with Crippen LogP contribution in [0.1, 0.15) is 56.2 Å². The van der Waals surface area contributed by atoms with Crippen molar-refractivity contribution in [1.29, 1.82) is 0 Å². The number of alkyl halides is 3. The molecule has 2 aromatic carbocycles. The standard InChI is InChI=1S/C23H19Cl2F4N3O3/c1-11(14-5-4-13(22(34)35)9-17(14)27)30-21(33)19-18(8-12-3-6-15(24)16(25)7-12)31-32(2)20(19)23(28,29)10-26/h3-7,9,11H,8,10H2,1-2H3,(H,30,33)(H,34,35). The van der Waals surface area contributed by atoms with E-state index < -0.39 is 47.6 Å². The Morgan fingerprint density at radius 2 is 1.86 bits per heavy atom. The average molecular weight is 532 g/mol. The van der Waals surface area contributed by atoms with Gasteiger partial charge in [-0.3, -0.25) is 9.48 Å². The summed E-state index contributed by atoms with van der Waals surface area (Å²) >= 11 is 11.9. The van der Waals surface area contributed by atoms with Crippen LogP contribution < -0.4 is 5.32 Å². The largest absolute Gasteiger partial charge is 0.478 e. The number of hydrogen-bond acceptors (Lipinski definition) is 3. The van der Waals surface area contributed by atoms with Gasteiger partial charge in [0.25, 0.3) is 5.91 Å². The van der Waals surface area contributed by atoms with E-state index in [1.54, 1.807) is 6.07 Å². The first-order chi connectivity index (χ1) is 16.4. The highest BCUT2D eigenvalue weighted by molar-refractivity contribution is 6.42. The quantitative estimate of drug-likeness (QED) is 0.365. The van der Waals surface area contributed by atoms with Gasteiger partial charge in [-0.15, -0.1) is 0 Å². The number of carbonyl (C=O) groups is 2. The van der Waals surface area contributed by atoms with Crippen molar-refractivity contribution in [3.63, 3.8) is 0 Å². The minimum absolute atomic E-state index is 0.0722. The summed E-state index contributed by atoms with van der Waals surface area (Å²) in [5.74, 6) is -7.31. The number of carboxylic acids is 1. The fourth-order valence-electron chi connectivity index (χ4n) is 3.63. The number of carbonyl (C=O) groups excluding carboxylic acids is 1. The molecule has 0 aliphatic carbocycles. The number of benzene rings is 2. The number of aromatic carboxylic acids is 1. The first kappa shape index (κ1) is 26.5. The van der Waals surface area contributed by atoms with Crippen LogP contribution in [-0.4, -0.2) is 33.4 Å². The molecule has 0 aliphatic heterocycles. The van der Waals surface area contributed by atoms with E-state index in [4.69, 9.17) is 28.3 Å². The van der Waals surface area contributed by atoms with Crippen LogP contribution >= 0.6 is 23.2 Å². The molecule has 1 heterocycles. The summed E-state index contributed by atoms with van der Waals surface area (Å²) in [6.07, 6.45) is -0.105. The number of aromatic nitrogens is 2. The Balaban J connectivity index is 2.01. The number of hydrogen-bond donors (Lipinski definition) is 2. The van der Waals surface area contributed by atoms with Crippen molar-refractivity contribution in [2.75, 3.05) is 6.67 Å². The van der Waals surface area contributed by atoms with Crippen molar-refractivity contribution in [3.8, 4) is 0 Å². The van der Waals surface area contributed by atoms with Crippen LogP contribution in [0, 0.1) is 5.82 Å². The van der Waals surface area contributed by atoms with Gasteiger partial charge in [-0.05, 0) is 36.8 Å². The minimum Gasteiger partial charge on any atom is -0.478 e. The summed E-state index contributed by atoms with van der Waals surface area (Å²) in [5.41, 5.74) is -1.45. The van der Waals surface area contributed by atoms with E-state index in [2.05, 4.69) is 10.4 Å². The molecule has 186 valence electrons. The van der Waals surface area contributed by atoms with Crippen LogP contribution in [0.3, 0.4) is 0 Å². The van der Waals surface area contributed by atoms with E-state index in [0.717, 1.165) is 23.9 Å². The van der Waals surface area contributed by atoms with E-state index in [-0.39, 0.29) is 33.3 Å². The molecule has 0 fully saturated rings. The summed E-state index contributed by atoms with van der Waals surface area (Å²) in [6.45, 7) is -0.682. The number of nitrogens with one attached hydrogen (secondary N) is 1. The van der Waals surface area contributed by atoms with Crippen LogP contribution in [0.5, 0.6) is 0 Å². The van der Waals surface area contributed by atoms with Gasteiger partial charge >= 0.3 is 11.9 Å². The number of carboxylic acid groups (broad SMARTS) is 1. The Bertz CT molecular complexity index is 1300. The maximum Gasteiger partial charge on any atom is 0.335 e. The van der Waals surface area contributed by atoms with E-state index in [1.807, 2.05) is 0 Å². The molecule has 0 saturated carbocycles. The maximum atomic E-state index is 14.5. The van der Waals surface area contributed by atoms with Crippen molar-refractivity contribution < 1.29 is 32.3 Å². The molecular weight excluding hydrogens is 513 g/mol. The number of nitrogens with zero attached hydrogens (tertiary/aromatic N) is 2. The lowest BCUT2D eigenvalue weighted by Crippen LogP contribution is -2.31. The molecule has 0 aliphatic rings. The van der Waals surface area contributed by atoms with Crippen molar-refractivity contribution >= 4 is 35.1 Å². The highest BCUT2D eigenvalue weighted by Crippen LogP contribution is 2.34. The molecule has 6 nitrogen and oxygen atoms in total. The predicted molar refractivity (Wildman–Crippen MR) is 122 cm³/mol. The lowest BCUT2D eigenvalue weighted by molar-refractivity contribution is -0.0360. The Labute approximate surface area is 207 Å². The lowest BCUT2D eigenvalue weighted by Gasteiger charge is -2.18. The molecule has 0 radical (unpaired) electrons. The number of aryl methyl sites for hydroxylation is 1. The summed E-state index contributed by atoms with van der Waals surface area (Å²) in [4.78, 5) is 24.2. The smallest absolute Gasteiger partial charge is 0.335 e. The fourth-order valence-corrected chi connectivity index (χ4v) is 3.95. The summed E-state index contributed by atoms with van der Waals surface area (Å²) in [5, 5.41) is 15.9. The van der Waals surface area contributed by atoms with Crippen LogP contribution in [0.2, 0.25) is 10.0 Å². The summed E-state index contributed by atoms with van der Waals surface area (Å²) in [6, 6.07) is 6.59. The van der Waals surface area contributed by atoms with Gasteiger partial charge in [0.15, 0.2) is 6.67 Å². The first-order valence-electron chi connectivity index (χ1n) is 10.1. The molecule has 1 amide bonds. The van der Waals surface area contributed by atoms with Crippen LogP contribution in [-0.2, 0) is 19.4 Å². The second-order valence-electron chi connectivity index (χ2n) is 7.79. The molecule has 1 unspecified atom stereocenters. The van der Waals surface area contributed by atoms with Crippen LogP contribution in [0.15, 0.2) is 36.4 Å². The van der Waals surface area contributed by atoms with Crippen molar-refractivity contribution in [1.82, 2.24) is 15.1 Å². The number of halogens is 6. The normalized spacial score (nSPS) is 12.5. The van der Waals surface area contributed by atoms with E-state index >= 15 is 0 Å². The molecule has 3 rings (SSSR count). The Kier molecular flexibility index (Phi) is 7.76. The van der Waals surface area contributed by atoms with Crippen LogP contribution in [0.25, 0.3) is 0 Å². The highest BCUT2D eigenvalue weighted by Gasteiger charge is 2.41. The summed E-state index contributed by atoms with van der Waals surface area (Å²) in [7, 11) is 1.15. The zero-order valence-electron chi connectivity index (χ0n) is 18.4. The molecule has 35 heavy (non-hydrogen) atoms. The Morgan fingerprint density at radius 1 is 1.17 bits per heavy atom. The third-order valence-electron chi connectivity index (χ3n) is 5.28. The number of amides is 1. The molecule has 1 aromatic heterocycles. The second kappa shape index (κ2) is 10.2. The zero-order valence-corrected chi connectivity index (χ0v) is 19.9. The van der Waals surface area contributed by atoms with Crippen molar-refractivity contribution in [2.24, 2.45) is 7.05 Å². The molecule has 3 aromatic rings. The van der Waals surface area contributed by atoms with Gasteiger partial charge in [-0.1, -0.05) is 35.3 Å². The lowest BCUT2D eigenvalue weighted by atomic mass is 10.0. The van der Waals surface area contributed by atoms with Gasteiger partial charge < -0.3 is 10.4 Å². The predicted octanol–water partition coefficient (Wildman–Crippen LogP) is 5.71. The topological polar surface area (TPSA) is 84.2 Å². The molecular formula is C23H19Cl2F4N3O3. The van der Waals surface area contributed by atoms with Gasteiger partial charge in [0, 0.05) is 19.0 Å². The Hall–Kier alpha value is -3.11. The van der Waals surface area contributed by atoms with Crippen molar-refractivity contribution in [3.05, 3.63) is 85.9 Å². The van der Waals surface area contributed by atoms with Gasteiger partial charge in [0.2, 0.25) is 0 Å². The molecule has 0 bridgehead atoms. The second-order valence-corrected chi connectivity index (χ2v) is 8.61. The molecule has 12 heteroatoms. The SMILES string of the molecule is CC(NC(=O)c1c(Cc2ccc(Cl)c(Cl)c2)nn(C)c1C(F)(F)CF)c1ccc(C(=O)O)cc1F. The highest BCUT2D eigenvalue weighted by atomic mass is 35.5. The molecule has 0 spiro atoms. The van der Waals surface area contributed by atoms with E-state index in [1.165, 1.54) is 25.1 Å². The minimum atomic E-state index is -4.03. The molecule has 0 saturated heterocycles. The van der Waals surface area contributed by atoms with Crippen molar-refractivity contribution in [2.45, 2.75) is 25.3 Å². The third kappa shape index (κ3) is 5.59. The molecule has 2 N–H and O–H groups in total.